The van der Waals surface area contributed by atoms with Gasteiger partial charge < -0.3 is 11.1 Å². The van der Waals surface area contributed by atoms with Crippen LogP contribution in [0.15, 0.2) is 0 Å². The van der Waals surface area contributed by atoms with Gasteiger partial charge in [0, 0.05) is 12.0 Å². The van der Waals surface area contributed by atoms with E-state index in [1.807, 2.05) is 4.90 Å². The maximum Gasteiger partial charge on any atom is 0.231 e. The maximum atomic E-state index is 12.2. The fourth-order valence-corrected chi connectivity index (χ4v) is 3.14. The highest BCUT2D eigenvalue weighted by atomic mass is 16.2. The van der Waals surface area contributed by atoms with Crippen molar-refractivity contribution in [2.45, 2.75) is 51.0 Å². The van der Waals surface area contributed by atoms with Gasteiger partial charge in [-0.05, 0) is 38.8 Å². The SMILES string of the molecule is NC(=O)CN1CCC(C(=O)NC2CCCCC2)CC1. The number of nitrogens with two attached hydrogens (primary N) is 1. The van der Waals surface area contributed by atoms with Crippen molar-refractivity contribution in [2.24, 2.45) is 11.7 Å². The Hall–Kier alpha value is -1.10. The van der Waals surface area contributed by atoms with E-state index in [4.69, 9.17) is 5.73 Å². The lowest BCUT2D eigenvalue weighted by atomic mass is 9.92. The summed E-state index contributed by atoms with van der Waals surface area (Å²) in [6.45, 7) is 1.91. The van der Waals surface area contributed by atoms with Crippen LogP contribution in [0, 0.1) is 5.92 Å². The topological polar surface area (TPSA) is 75.4 Å². The number of carbonyl (C=O) groups is 2. The molecule has 0 bridgehead atoms. The van der Waals surface area contributed by atoms with Crippen LogP contribution < -0.4 is 11.1 Å². The van der Waals surface area contributed by atoms with Gasteiger partial charge >= 0.3 is 0 Å². The van der Waals surface area contributed by atoms with Crippen LogP contribution in [0.25, 0.3) is 0 Å². The van der Waals surface area contributed by atoms with Gasteiger partial charge in [0.25, 0.3) is 0 Å². The summed E-state index contributed by atoms with van der Waals surface area (Å²) >= 11 is 0. The van der Waals surface area contributed by atoms with E-state index in [-0.39, 0.29) is 17.7 Å². The van der Waals surface area contributed by atoms with Gasteiger partial charge in [0.2, 0.25) is 11.8 Å². The lowest BCUT2D eigenvalue weighted by Crippen LogP contribution is -2.45. The first-order chi connectivity index (χ1) is 9.15. The smallest absolute Gasteiger partial charge is 0.231 e. The van der Waals surface area contributed by atoms with Crippen molar-refractivity contribution in [3.63, 3.8) is 0 Å². The maximum absolute atomic E-state index is 12.2. The third-order valence-corrected chi connectivity index (χ3v) is 4.29. The normalized spacial score (nSPS) is 23.2. The summed E-state index contributed by atoms with van der Waals surface area (Å²) in [5.74, 6) is 0.0433. The van der Waals surface area contributed by atoms with Gasteiger partial charge in [0.05, 0.1) is 6.54 Å². The molecule has 0 aromatic rings. The molecule has 1 aliphatic carbocycles. The Morgan fingerprint density at radius 3 is 2.26 bits per heavy atom. The molecule has 1 heterocycles. The molecule has 0 radical (unpaired) electrons. The fourth-order valence-electron chi connectivity index (χ4n) is 3.14. The Morgan fingerprint density at radius 2 is 1.68 bits per heavy atom. The van der Waals surface area contributed by atoms with Crippen molar-refractivity contribution in [3.05, 3.63) is 0 Å². The molecule has 0 aromatic heterocycles. The zero-order valence-corrected chi connectivity index (χ0v) is 11.6. The molecule has 0 atom stereocenters. The van der Waals surface area contributed by atoms with Crippen LogP contribution in [0.3, 0.4) is 0 Å². The van der Waals surface area contributed by atoms with Crippen molar-refractivity contribution in [1.29, 1.82) is 0 Å². The summed E-state index contributed by atoms with van der Waals surface area (Å²) in [4.78, 5) is 25.1. The molecule has 2 amide bonds. The van der Waals surface area contributed by atoms with Crippen molar-refractivity contribution in [2.75, 3.05) is 19.6 Å². The molecule has 19 heavy (non-hydrogen) atoms. The summed E-state index contributed by atoms with van der Waals surface area (Å²) in [6, 6.07) is 0.393. The predicted octanol–water partition coefficient (Wildman–Crippen LogP) is 0.633. The van der Waals surface area contributed by atoms with Crippen LogP contribution in [-0.2, 0) is 9.59 Å². The molecule has 1 saturated heterocycles. The summed E-state index contributed by atoms with van der Waals surface area (Å²) in [7, 11) is 0. The van der Waals surface area contributed by atoms with E-state index >= 15 is 0 Å². The average Bonchev–Trinajstić information content (AvgIpc) is 2.40. The molecule has 0 unspecified atom stereocenters. The van der Waals surface area contributed by atoms with Crippen LogP contribution in [0.1, 0.15) is 44.9 Å². The molecule has 1 aliphatic heterocycles. The Morgan fingerprint density at radius 1 is 1.05 bits per heavy atom. The van der Waals surface area contributed by atoms with E-state index in [1.165, 1.54) is 19.3 Å². The van der Waals surface area contributed by atoms with Crippen molar-refractivity contribution < 1.29 is 9.59 Å². The number of piperidine rings is 1. The van der Waals surface area contributed by atoms with Crippen molar-refractivity contribution in [3.8, 4) is 0 Å². The minimum absolute atomic E-state index is 0.117. The molecule has 0 aromatic carbocycles. The number of primary amides is 1. The van der Waals surface area contributed by atoms with E-state index < -0.39 is 0 Å². The van der Waals surface area contributed by atoms with E-state index in [2.05, 4.69) is 5.32 Å². The van der Waals surface area contributed by atoms with E-state index in [9.17, 15) is 9.59 Å². The molecule has 5 heteroatoms. The van der Waals surface area contributed by atoms with Gasteiger partial charge in [-0.25, -0.2) is 0 Å². The summed E-state index contributed by atoms with van der Waals surface area (Å²) < 4.78 is 0. The molecule has 0 spiro atoms. The van der Waals surface area contributed by atoms with Gasteiger partial charge in [-0.3, -0.25) is 14.5 Å². The molecule has 108 valence electrons. The van der Waals surface area contributed by atoms with Gasteiger partial charge in [-0.15, -0.1) is 0 Å². The van der Waals surface area contributed by atoms with Crippen LogP contribution >= 0.6 is 0 Å². The molecule has 3 N–H and O–H groups in total. The molecular formula is C14H25N3O2. The van der Waals surface area contributed by atoms with Gasteiger partial charge in [-0.1, -0.05) is 19.3 Å². The Labute approximate surface area is 114 Å². The minimum atomic E-state index is -0.287. The largest absolute Gasteiger partial charge is 0.369 e. The first-order valence-corrected chi connectivity index (χ1v) is 7.46. The molecule has 2 rings (SSSR count). The Balaban J connectivity index is 1.71. The van der Waals surface area contributed by atoms with Crippen LogP contribution in [0.4, 0.5) is 0 Å². The zero-order valence-electron chi connectivity index (χ0n) is 11.6. The highest BCUT2D eigenvalue weighted by molar-refractivity contribution is 5.79. The third kappa shape index (κ3) is 4.49. The number of carbonyl (C=O) groups excluding carboxylic acids is 2. The monoisotopic (exact) mass is 267 g/mol. The second-order valence-corrected chi connectivity index (χ2v) is 5.86. The van der Waals surface area contributed by atoms with Crippen LogP contribution in [-0.4, -0.2) is 42.4 Å². The number of rotatable bonds is 4. The van der Waals surface area contributed by atoms with Crippen molar-refractivity contribution >= 4 is 11.8 Å². The lowest BCUT2D eigenvalue weighted by Gasteiger charge is -2.32. The van der Waals surface area contributed by atoms with E-state index in [0.717, 1.165) is 38.8 Å². The molecular weight excluding hydrogens is 242 g/mol. The number of nitrogens with one attached hydrogen (secondary N) is 1. The zero-order chi connectivity index (χ0) is 13.7. The van der Waals surface area contributed by atoms with Crippen LogP contribution in [0.2, 0.25) is 0 Å². The first-order valence-electron chi connectivity index (χ1n) is 7.46. The quantitative estimate of drug-likeness (QED) is 0.784. The van der Waals surface area contributed by atoms with Gasteiger partial charge in [-0.2, -0.15) is 0 Å². The fraction of sp³-hybridized carbons (Fsp3) is 0.857. The Kier molecular flexibility index (Phi) is 5.19. The molecule has 2 fully saturated rings. The van der Waals surface area contributed by atoms with Gasteiger partial charge in [0.1, 0.15) is 0 Å². The number of amides is 2. The number of likely N-dealkylation sites (tertiary alicyclic amines) is 1. The van der Waals surface area contributed by atoms with E-state index in [0.29, 0.717) is 12.6 Å². The second kappa shape index (κ2) is 6.89. The molecule has 1 saturated carbocycles. The van der Waals surface area contributed by atoms with E-state index in [1.54, 1.807) is 0 Å². The standard InChI is InChI=1S/C14H25N3O2/c15-13(18)10-17-8-6-11(7-9-17)14(19)16-12-4-2-1-3-5-12/h11-12H,1-10H2,(H2,15,18)(H,16,19). The Bertz CT molecular complexity index is 319. The van der Waals surface area contributed by atoms with Crippen molar-refractivity contribution in [1.82, 2.24) is 10.2 Å². The minimum Gasteiger partial charge on any atom is -0.369 e. The third-order valence-electron chi connectivity index (χ3n) is 4.29. The van der Waals surface area contributed by atoms with Crippen LogP contribution in [0.5, 0.6) is 0 Å². The molecule has 5 nitrogen and oxygen atoms in total. The highest BCUT2D eigenvalue weighted by Gasteiger charge is 2.27. The number of nitrogens with zero attached hydrogens (tertiary/aromatic N) is 1. The highest BCUT2D eigenvalue weighted by Crippen LogP contribution is 2.20. The second-order valence-electron chi connectivity index (χ2n) is 5.86. The average molecular weight is 267 g/mol. The predicted molar refractivity (Wildman–Crippen MR) is 73.4 cm³/mol. The summed E-state index contributed by atoms with van der Waals surface area (Å²) in [6.07, 6.45) is 7.72. The number of hydrogen-bond acceptors (Lipinski definition) is 3. The molecule has 2 aliphatic rings. The number of hydrogen-bond donors (Lipinski definition) is 2. The summed E-state index contributed by atoms with van der Waals surface area (Å²) in [5.41, 5.74) is 5.18. The lowest BCUT2D eigenvalue weighted by molar-refractivity contribution is -0.127. The van der Waals surface area contributed by atoms with Gasteiger partial charge in [0.15, 0.2) is 0 Å². The first kappa shape index (κ1) is 14.3. The summed E-state index contributed by atoms with van der Waals surface area (Å²) in [5, 5.41) is 3.20.